The van der Waals surface area contributed by atoms with Gasteiger partial charge in [-0.2, -0.15) is 5.26 Å². The van der Waals surface area contributed by atoms with Gasteiger partial charge in [-0.1, -0.05) is 27.7 Å². The molecule has 2 heterocycles. The number of carbonyl (C=O) groups is 2. The van der Waals surface area contributed by atoms with Crippen molar-refractivity contribution in [1.29, 1.82) is 5.26 Å². The van der Waals surface area contributed by atoms with Gasteiger partial charge in [-0.3, -0.25) is 9.59 Å². The molecule has 2 aliphatic heterocycles. The lowest BCUT2D eigenvalue weighted by Crippen LogP contribution is -2.53. The standard InChI is InChI=1S/C29H43NO5/c1-17-8-11-29(33-16-17)18(2)25-24(35-29)15-23(28(25,5)12-13-30)22-7-6-20-14-21(34-19(3)31)9-10-27(20,4)26(22)32/h17-18,20-25H,6-12,14-16H2,1-5H3/t17-,18+,20+,21+,22?,23?,24+,25+,27+,28+,29-/m1/s1. The minimum Gasteiger partial charge on any atom is -0.463 e. The molecule has 35 heavy (non-hydrogen) atoms. The molecule has 5 fully saturated rings. The third kappa shape index (κ3) is 3.87. The smallest absolute Gasteiger partial charge is 0.302 e. The first-order chi connectivity index (χ1) is 16.5. The van der Waals surface area contributed by atoms with Crippen LogP contribution in [-0.4, -0.2) is 36.4 Å². The number of fused-ring (bicyclic) bond motifs is 2. The number of ketones is 1. The van der Waals surface area contributed by atoms with Crippen molar-refractivity contribution in [2.75, 3.05) is 6.61 Å². The number of ether oxygens (including phenoxy) is 3. The highest BCUT2D eigenvalue weighted by Crippen LogP contribution is 2.66. The van der Waals surface area contributed by atoms with E-state index in [0.29, 0.717) is 18.1 Å². The average molecular weight is 486 g/mol. The Bertz CT molecular complexity index is 903. The van der Waals surface area contributed by atoms with Crippen molar-refractivity contribution in [3.63, 3.8) is 0 Å². The quantitative estimate of drug-likeness (QED) is 0.495. The van der Waals surface area contributed by atoms with Gasteiger partial charge in [0.25, 0.3) is 0 Å². The molecule has 3 aliphatic carbocycles. The normalized spacial score (nSPS) is 51.5. The Hall–Kier alpha value is -1.45. The summed E-state index contributed by atoms with van der Waals surface area (Å²) in [5.41, 5.74) is -0.617. The van der Waals surface area contributed by atoms with E-state index in [0.717, 1.165) is 58.0 Å². The van der Waals surface area contributed by atoms with Crippen LogP contribution < -0.4 is 0 Å². The van der Waals surface area contributed by atoms with Crippen LogP contribution in [0.5, 0.6) is 0 Å². The first kappa shape index (κ1) is 25.2. The molecule has 1 spiro atoms. The minimum atomic E-state index is -0.522. The fourth-order valence-electron chi connectivity index (χ4n) is 9.15. The predicted octanol–water partition coefficient (Wildman–Crippen LogP) is 5.44. The number of esters is 1. The van der Waals surface area contributed by atoms with Gasteiger partial charge >= 0.3 is 5.97 Å². The Morgan fingerprint density at radius 1 is 1.14 bits per heavy atom. The van der Waals surface area contributed by atoms with E-state index in [1.165, 1.54) is 6.92 Å². The molecule has 6 nitrogen and oxygen atoms in total. The van der Waals surface area contributed by atoms with E-state index in [9.17, 15) is 14.9 Å². The van der Waals surface area contributed by atoms with Crippen LogP contribution in [0.25, 0.3) is 0 Å². The summed E-state index contributed by atoms with van der Waals surface area (Å²) in [6, 6.07) is 2.50. The number of nitriles is 1. The SMILES string of the molecule is CC(=O)O[C@H]1CC[C@]2(C)C(=O)C(C3C[C@@H]4O[C@]5(CC[C@@H](C)CO5)[C@@H](C)[C@@H]4[C@@]3(C)CC#N)CC[C@H]2C1. The van der Waals surface area contributed by atoms with Gasteiger partial charge in [0, 0.05) is 37.0 Å². The first-order valence-corrected chi connectivity index (χ1v) is 13.9. The molecular weight excluding hydrogens is 442 g/mol. The molecule has 0 bridgehead atoms. The summed E-state index contributed by atoms with van der Waals surface area (Å²) in [5.74, 6) is 1.04. The molecule has 0 aromatic heterocycles. The second kappa shape index (κ2) is 8.84. The second-order valence-corrected chi connectivity index (χ2v) is 13.1. The van der Waals surface area contributed by atoms with E-state index in [-0.39, 0.29) is 58.6 Å². The monoisotopic (exact) mass is 485 g/mol. The molecule has 0 amide bonds. The molecule has 2 unspecified atom stereocenters. The van der Waals surface area contributed by atoms with Gasteiger partial charge in [0.15, 0.2) is 5.79 Å². The van der Waals surface area contributed by atoms with Gasteiger partial charge in [-0.05, 0) is 74.0 Å². The van der Waals surface area contributed by atoms with E-state index in [2.05, 4.69) is 33.8 Å². The molecular formula is C29H43NO5. The molecule has 11 atom stereocenters. The third-order valence-corrected chi connectivity index (χ3v) is 11.1. The van der Waals surface area contributed by atoms with Crippen LogP contribution in [-0.2, 0) is 23.8 Å². The molecule has 3 saturated carbocycles. The number of carbonyl (C=O) groups excluding carboxylic acids is 2. The van der Waals surface area contributed by atoms with Gasteiger partial charge in [-0.15, -0.1) is 0 Å². The van der Waals surface area contributed by atoms with Crippen LogP contribution in [0, 0.1) is 57.7 Å². The Morgan fingerprint density at radius 2 is 1.91 bits per heavy atom. The highest BCUT2D eigenvalue weighted by Gasteiger charge is 2.67. The molecule has 0 aromatic carbocycles. The highest BCUT2D eigenvalue weighted by atomic mass is 16.7. The van der Waals surface area contributed by atoms with Crippen molar-refractivity contribution in [2.24, 2.45) is 46.3 Å². The Kier molecular flexibility index (Phi) is 6.37. The van der Waals surface area contributed by atoms with Crippen molar-refractivity contribution in [1.82, 2.24) is 0 Å². The number of Topliss-reactive ketones (excluding diaryl/α,β-unsaturated/α-hetero) is 1. The molecule has 6 heteroatoms. The van der Waals surface area contributed by atoms with Crippen LogP contribution in [0.15, 0.2) is 0 Å². The van der Waals surface area contributed by atoms with Crippen LogP contribution in [0.3, 0.4) is 0 Å². The lowest BCUT2D eigenvalue weighted by Gasteiger charge is -2.51. The van der Waals surface area contributed by atoms with E-state index in [1.54, 1.807) is 0 Å². The molecule has 0 radical (unpaired) electrons. The van der Waals surface area contributed by atoms with Crippen LogP contribution in [0.1, 0.15) is 92.4 Å². The number of rotatable bonds is 3. The molecule has 0 N–H and O–H groups in total. The maximum atomic E-state index is 14.2. The summed E-state index contributed by atoms with van der Waals surface area (Å²) < 4.78 is 18.7. The third-order valence-electron chi connectivity index (χ3n) is 11.1. The summed E-state index contributed by atoms with van der Waals surface area (Å²) in [6.45, 7) is 11.1. The summed E-state index contributed by atoms with van der Waals surface area (Å²) in [5, 5.41) is 9.91. The van der Waals surface area contributed by atoms with Crippen LogP contribution in [0.2, 0.25) is 0 Å². The zero-order valence-electron chi connectivity index (χ0n) is 22.2. The number of nitrogens with zero attached hydrogens (tertiary/aromatic N) is 1. The van der Waals surface area contributed by atoms with Crippen molar-refractivity contribution in [3.8, 4) is 6.07 Å². The van der Waals surface area contributed by atoms with Crippen molar-refractivity contribution in [3.05, 3.63) is 0 Å². The summed E-state index contributed by atoms with van der Waals surface area (Å²) in [6.07, 6.45) is 7.50. The van der Waals surface area contributed by atoms with Crippen molar-refractivity contribution >= 4 is 11.8 Å². The van der Waals surface area contributed by atoms with Gasteiger partial charge < -0.3 is 14.2 Å². The number of hydrogen-bond acceptors (Lipinski definition) is 6. The molecule has 194 valence electrons. The Morgan fingerprint density at radius 3 is 2.57 bits per heavy atom. The Balaban J connectivity index is 1.37. The largest absolute Gasteiger partial charge is 0.463 e. The first-order valence-electron chi connectivity index (χ1n) is 13.9. The fourth-order valence-corrected chi connectivity index (χ4v) is 9.15. The van der Waals surface area contributed by atoms with Gasteiger partial charge in [0.1, 0.15) is 11.9 Å². The lowest BCUT2D eigenvalue weighted by molar-refractivity contribution is -0.271. The predicted molar refractivity (Wildman–Crippen MR) is 130 cm³/mol. The van der Waals surface area contributed by atoms with Crippen LogP contribution >= 0.6 is 0 Å². The Labute approximate surface area is 210 Å². The summed E-state index contributed by atoms with van der Waals surface area (Å²) in [7, 11) is 0. The maximum absolute atomic E-state index is 14.2. The van der Waals surface area contributed by atoms with E-state index < -0.39 is 5.79 Å². The average Bonchev–Trinajstić information content (AvgIpc) is 3.23. The minimum absolute atomic E-state index is 0.0236. The van der Waals surface area contributed by atoms with Crippen LogP contribution in [0.4, 0.5) is 0 Å². The zero-order valence-corrected chi connectivity index (χ0v) is 22.2. The lowest BCUT2D eigenvalue weighted by atomic mass is 9.52. The highest BCUT2D eigenvalue weighted by molar-refractivity contribution is 5.88. The molecule has 2 saturated heterocycles. The molecule has 5 aliphatic rings. The fraction of sp³-hybridized carbons (Fsp3) is 0.897. The maximum Gasteiger partial charge on any atom is 0.302 e. The van der Waals surface area contributed by atoms with E-state index >= 15 is 0 Å². The van der Waals surface area contributed by atoms with Gasteiger partial charge in [-0.25, -0.2) is 0 Å². The topological polar surface area (TPSA) is 85.6 Å². The van der Waals surface area contributed by atoms with E-state index in [4.69, 9.17) is 14.2 Å². The molecule has 0 aromatic rings. The summed E-state index contributed by atoms with van der Waals surface area (Å²) in [4.78, 5) is 25.7. The van der Waals surface area contributed by atoms with Crippen molar-refractivity contribution in [2.45, 2.75) is 110 Å². The van der Waals surface area contributed by atoms with E-state index in [1.807, 2.05) is 0 Å². The second-order valence-electron chi connectivity index (χ2n) is 13.1. The molecule has 5 rings (SSSR count). The number of hydrogen-bond donors (Lipinski definition) is 0. The van der Waals surface area contributed by atoms with Gasteiger partial charge in [0.05, 0.1) is 18.8 Å². The van der Waals surface area contributed by atoms with Crippen molar-refractivity contribution < 1.29 is 23.8 Å². The summed E-state index contributed by atoms with van der Waals surface area (Å²) >= 11 is 0. The zero-order chi connectivity index (χ0) is 25.2. The van der Waals surface area contributed by atoms with Gasteiger partial charge in [0.2, 0.25) is 0 Å².